The van der Waals surface area contributed by atoms with Crippen molar-refractivity contribution in [3.8, 4) is 0 Å². The molecule has 0 aromatic rings. The Bertz CT molecular complexity index is 454. The van der Waals surface area contributed by atoms with Crippen LogP contribution in [-0.4, -0.2) is 33.8 Å². The van der Waals surface area contributed by atoms with E-state index in [2.05, 4.69) is 0 Å². The van der Waals surface area contributed by atoms with Crippen LogP contribution in [0.1, 0.15) is 39.5 Å². The number of hydrogen-bond donors (Lipinski definition) is 1. The maximum absolute atomic E-state index is 12.5. The van der Waals surface area contributed by atoms with Gasteiger partial charge in [-0.05, 0) is 25.2 Å². The lowest BCUT2D eigenvalue weighted by atomic mass is 9.77. The largest absolute Gasteiger partial charge is 0.480 e. The summed E-state index contributed by atoms with van der Waals surface area (Å²) in [5.41, 5.74) is -0.780. The van der Waals surface area contributed by atoms with E-state index in [1.54, 1.807) is 19.9 Å². The van der Waals surface area contributed by atoms with Gasteiger partial charge >= 0.3 is 5.97 Å². The highest BCUT2D eigenvalue weighted by atomic mass is 16.4. The van der Waals surface area contributed by atoms with Gasteiger partial charge in [0.1, 0.15) is 6.04 Å². The van der Waals surface area contributed by atoms with E-state index in [0.29, 0.717) is 6.42 Å². The van der Waals surface area contributed by atoms with E-state index in [-0.39, 0.29) is 24.2 Å². The summed E-state index contributed by atoms with van der Waals surface area (Å²) in [5, 5.41) is 9.26. The molecule has 1 heterocycles. The molecule has 0 bridgehead atoms. The topological polar surface area (TPSA) is 74.7 Å². The van der Waals surface area contributed by atoms with Crippen LogP contribution in [0.15, 0.2) is 12.2 Å². The average Bonchev–Trinajstić information content (AvgIpc) is 2.54. The molecule has 2 unspecified atom stereocenters. The monoisotopic (exact) mass is 265 g/mol. The fourth-order valence-corrected chi connectivity index (χ4v) is 3.01. The SMILES string of the molecule is CC(C)C(C(=O)O)N1C(=O)CC2(C=CCCC2)C1=O. The van der Waals surface area contributed by atoms with E-state index in [0.717, 1.165) is 17.7 Å². The smallest absolute Gasteiger partial charge is 0.327 e. The highest BCUT2D eigenvalue weighted by Crippen LogP contribution is 2.42. The quantitative estimate of drug-likeness (QED) is 0.621. The zero-order chi connectivity index (χ0) is 14.2. The fraction of sp³-hybridized carbons (Fsp3) is 0.643. The van der Waals surface area contributed by atoms with Crippen LogP contribution in [0.5, 0.6) is 0 Å². The fourth-order valence-electron chi connectivity index (χ4n) is 3.01. The molecule has 19 heavy (non-hydrogen) atoms. The zero-order valence-corrected chi connectivity index (χ0v) is 11.3. The molecule has 1 aliphatic heterocycles. The standard InChI is InChI=1S/C14H19NO4/c1-9(2)11(12(17)18)15-10(16)8-14(13(15)19)6-4-3-5-7-14/h4,6,9,11H,3,5,7-8H2,1-2H3,(H,17,18). The number of nitrogens with zero attached hydrogens (tertiary/aromatic N) is 1. The van der Waals surface area contributed by atoms with Crippen molar-refractivity contribution < 1.29 is 19.5 Å². The van der Waals surface area contributed by atoms with E-state index >= 15 is 0 Å². The van der Waals surface area contributed by atoms with Crippen LogP contribution in [-0.2, 0) is 14.4 Å². The Morgan fingerprint density at radius 1 is 1.42 bits per heavy atom. The van der Waals surface area contributed by atoms with Crippen molar-refractivity contribution in [3.63, 3.8) is 0 Å². The van der Waals surface area contributed by atoms with Crippen LogP contribution >= 0.6 is 0 Å². The molecule has 2 amide bonds. The molecule has 2 rings (SSSR count). The Morgan fingerprint density at radius 2 is 2.11 bits per heavy atom. The molecule has 5 heteroatoms. The molecular weight excluding hydrogens is 246 g/mol. The van der Waals surface area contributed by atoms with Crippen molar-refractivity contribution in [2.75, 3.05) is 0 Å². The summed E-state index contributed by atoms with van der Waals surface area (Å²) in [6.07, 6.45) is 6.24. The van der Waals surface area contributed by atoms with Gasteiger partial charge in [0.2, 0.25) is 11.8 Å². The molecule has 0 aromatic carbocycles. The summed E-state index contributed by atoms with van der Waals surface area (Å²) in [7, 11) is 0. The van der Waals surface area contributed by atoms with Crippen LogP contribution in [0.3, 0.4) is 0 Å². The number of aliphatic carboxylic acids is 1. The number of hydrogen-bond acceptors (Lipinski definition) is 3. The van der Waals surface area contributed by atoms with Gasteiger partial charge in [0.15, 0.2) is 0 Å². The van der Waals surface area contributed by atoms with E-state index in [4.69, 9.17) is 0 Å². The third kappa shape index (κ3) is 2.17. The first kappa shape index (κ1) is 13.8. The maximum atomic E-state index is 12.5. The van der Waals surface area contributed by atoms with Gasteiger partial charge in [0.05, 0.1) is 5.41 Å². The van der Waals surface area contributed by atoms with Gasteiger partial charge < -0.3 is 5.11 Å². The second-order valence-corrected chi connectivity index (χ2v) is 5.72. The lowest BCUT2D eigenvalue weighted by molar-refractivity contribution is -0.157. The average molecular weight is 265 g/mol. The number of carboxylic acids is 1. The molecule has 1 N–H and O–H groups in total. The van der Waals surface area contributed by atoms with Crippen LogP contribution < -0.4 is 0 Å². The summed E-state index contributed by atoms with van der Waals surface area (Å²) in [4.78, 5) is 37.0. The molecule has 2 atom stereocenters. The Morgan fingerprint density at radius 3 is 2.58 bits per heavy atom. The molecule has 1 aliphatic carbocycles. The van der Waals surface area contributed by atoms with Crippen LogP contribution in [0, 0.1) is 11.3 Å². The molecule has 5 nitrogen and oxygen atoms in total. The van der Waals surface area contributed by atoms with Crippen molar-refractivity contribution in [3.05, 3.63) is 12.2 Å². The van der Waals surface area contributed by atoms with Crippen molar-refractivity contribution in [1.82, 2.24) is 4.90 Å². The van der Waals surface area contributed by atoms with E-state index in [9.17, 15) is 19.5 Å². The van der Waals surface area contributed by atoms with E-state index in [1.807, 2.05) is 6.08 Å². The first-order valence-corrected chi connectivity index (χ1v) is 6.66. The second kappa shape index (κ2) is 4.79. The lowest BCUT2D eigenvalue weighted by Gasteiger charge is -2.29. The van der Waals surface area contributed by atoms with Gasteiger partial charge in [0, 0.05) is 6.42 Å². The molecule has 0 aromatic heterocycles. The minimum Gasteiger partial charge on any atom is -0.480 e. The molecule has 1 saturated heterocycles. The van der Waals surface area contributed by atoms with Crippen LogP contribution in [0.25, 0.3) is 0 Å². The Balaban J connectivity index is 2.35. The number of amides is 2. The Hall–Kier alpha value is -1.65. The predicted octanol–water partition coefficient (Wildman–Crippen LogP) is 1.58. The van der Waals surface area contributed by atoms with Gasteiger partial charge in [-0.2, -0.15) is 0 Å². The number of allylic oxidation sites excluding steroid dienone is 1. The summed E-state index contributed by atoms with van der Waals surface area (Å²) >= 11 is 0. The normalized spacial score (nSPS) is 28.5. The third-order valence-corrected chi connectivity index (χ3v) is 3.97. The number of carbonyl (C=O) groups excluding carboxylic acids is 2. The molecule has 0 radical (unpaired) electrons. The summed E-state index contributed by atoms with van der Waals surface area (Å²) in [6.45, 7) is 3.42. The summed E-state index contributed by atoms with van der Waals surface area (Å²) in [5.74, 6) is -2.12. The highest BCUT2D eigenvalue weighted by molar-refractivity contribution is 6.09. The van der Waals surface area contributed by atoms with Crippen molar-refractivity contribution in [2.24, 2.45) is 11.3 Å². The summed E-state index contributed by atoms with van der Waals surface area (Å²) < 4.78 is 0. The van der Waals surface area contributed by atoms with E-state index in [1.165, 1.54) is 0 Å². The van der Waals surface area contributed by atoms with Gasteiger partial charge in [0.25, 0.3) is 0 Å². The van der Waals surface area contributed by atoms with Crippen molar-refractivity contribution in [1.29, 1.82) is 0 Å². The minimum atomic E-state index is -1.12. The first-order valence-electron chi connectivity index (χ1n) is 6.66. The summed E-state index contributed by atoms with van der Waals surface area (Å²) in [6, 6.07) is -1.06. The molecule has 0 saturated carbocycles. The second-order valence-electron chi connectivity index (χ2n) is 5.72. The zero-order valence-electron chi connectivity index (χ0n) is 11.3. The minimum absolute atomic E-state index is 0.110. The van der Waals surface area contributed by atoms with Gasteiger partial charge in [-0.3, -0.25) is 14.5 Å². The van der Waals surface area contributed by atoms with Crippen LogP contribution in [0.2, 0.25) is 0 Å². The molecule has 2 aliphatic rings. The number of carbonyl (C=O) groups is 3. The van der Waals surface area contributed by atoms with Crippen LogP contribution in [0.4, 0.5) is 0 Å². The van der Waals surface area contributed by atoms with Crippen molar-refractivity contribution >= 4 is 17.8 Å². The third-order valence-electron chi connectivity index (χ3n) is 3.97. The van der Waals surface area contributed by atoms with Gasteiger partial charge in [-0.1, -0.05) is 26.0 Å². The molecule has 1 spiro atoms. The highest BCUT2D eigenvalue weighted by Gasteiger charge is 2.53. The number of rotatable bonds is 3. The van der Waals surface area contributed by atoms with E-state index < -0.39 is 17.4 Å². The molecule has 104 valence electrons. The number of likely N-dealkylation sites (tertiary alicyclic amines) is 1. The number of carboxylic acid groups (broad SMARTS) is 1. The Labute approximate surface area is 112 Å². The van der Waals surface area contributed by atoms with Gasteiger partial charge in [-0.25, -0.2) is 4.79 Å². The predicted molar refractivity (Wildman–Crippen MR) is 68.2 cm³/mol. The Kier molecular flexibility index (Phi) is 3.47. The maximum Gasteiger partial charge on any atom is 0.327 e. The molecule has 1 fully saturated rings. The lowest BCUT2D eigenvalue weighted by Crippen LogP contribution is -2.49. The number of imide groups is 1. The van der Waals surface area contributed by atoms with Crippen molar-refractivity contribution in [2.45, 2.75) is 45.6 Å². The molecular formula is C14H19NO4. The first-order chi connectivity index (χ1) is 8.89. The van der Waals surface area contributed by atoms with Gasteiger partial charge in [-0.15, -0.1) is 0 Å².